The molecule has 1 aromatic heterocycles. The summed E-state index contributed by atoms with van der Waals surface area (Å²) in [5, 5.41) is 10.4. The molecule has 4 N–H and O–H groups in total. The van der Waals surface area contributed by atoms with Crippen molar-refractivity contribution < 1.29 is 13.5 Å². The molecule has 1 rings (SSSR count). The Labute approximate surface area is 99.3 Å². The van der Waals surface area contributed by atoms with Crippen molar-refractivity contribution in [2.45, 2.75) is 30.0 Å². The fourth-order valence-corrected chi connectivity index (χ4v) is 3.70. The van der Waals surface area contributed by atoms with Gasteiger partial charge in [0, 0.05) is 23.7 Å². The van der Waals surface area contributed by atoms with Gasteiger partial charge in [-0.25, -0.2) is 13.1 Å². The Kier molecular flexibility index (Phi) is 4.72. The van der Waals surface area contributed by atoms with Gasteiger partial charge in [-0.1, -0.05) is 6.92 Å². The average molecular weight is 264 g/mol. The molecule has 7 heteroatoms. The van der Waals surface area contributed by atoms with Crippen LogP contribution in [0.3, 0.4) is 0 Å². The Balaban J connectivity index is 2.78. The van der Waals surface area contributed by atoms with Gasteiger partial charge < -0.3 is 10.8 Å². The number of nitrogens with one attached hydrogen (secondary N) is 1. The summed E-state index contributed by atoms with van der Waals surface area (Å²) in [6, 6.07) is 1.19. The molecule has 0 aliphatic heterocycles. The Morgan fingerprint density at radius 2 is 2.31 bits per heavy atom. The molecule has 0 aliphatic carbocycles. The molecule has 1 heterocycles. The summed E-state index contributed by atoms with van der Waals surface area (Å²) in [5.41, 5.74) is 5.92. The van der Waals surface area contributed by atoms with Crippen molar-refractivity contribution in [2.24, 2.45) is 0 Å². The molecule has 5 nitrogen and oxygen atoms in total. The number of rotatable bonds is 6. The number of thiophene rings is 1. The van der Waals surface area contributed by atoms with E-state index in [0.29, 0.717) is 18.5 Å². The van der Waals surface area contributed by atoms with Crippen LogP contribution in [0, 0.1) is 0 Å². The van der Waals surface area contributed by atoms with Crippen molar-refractivity contribution >= 4 is 27.0 Å². The number of aliphatic hydroxyl groups is 1. The first-order chi connectivity index (χ1) is 7.49. The minimum Gasteiger partial charge on any atom is -0.398 e. The molecule has 0 saturated heterocycles. The minimum atomic E-state index is -3.50. The lowest BCUT2D eigenvalue weighted by atomic mass is 10.2. The van der Waals surface area contributed by atoms with Crippen LogP contribution in [0.5, 0.6) is 0 Å². The molecule has 0 aromatic carbocycles. The normalized spacial score (nSPS) is 13.9. The van der Waals surface area contributed by atoms with Gasteiger partial charge >= 0.3 is 0 Å². The number of hydrogen-bond donors (Lipinski definition) is 3. The van der Waals surface area contributed by atoms with Gasteiger partial charge in [-0.15, -0.1) is 11.3 Å². The maximum atomic E-state index is 11.9. The Morgan fingerprint density at radius 3 is 2.75 bits per heavy atom. The Bertz CT molecular complexity index is 428. The van der Waals surface area contributed by atoms with E-state index in [4.69, 9.17) is 10.8 Å². The van der Waals surface area contributed by atoms with Crippen molar-refractivity contribution in [3.8, 4) is 0 Å². The molecular formula is C9H16N2O3S2. The summed E-state index contributed by atoms with van der Waals surface area (Å²) < 4.78 is 26.5. The summed E-state index contributed by atoms with van der Waals surface area (Å²) in [4.78, 5) is 0. The highest BCUT2D eigenvalue weighted by molar-refractivity contribution is 7.91. The zero-order valence-electron chi connectivity index (χ0n) is 9.01. The molecular weight excluding hydrogens is 248 g/mol. The molecule has 0 radical (unpaired) electrons. The number of sulfonamides is 1. The standard InChI is InChI=1S/C9H16N2O3S2/c1-2-8(3-4-12)11-16(13,14)9-5-7(10)6-15-9/h5-6,8,11-12H,2-4,10H2,1H3. The van der Waals surface area contributed by atoms with Gasteiger partial charge in [0.2, 0.25) is 10.0 Å². The first-order valence-corrected chi connectivity index (χ1v) is 7.33. The number of hydrogen-bond acceptors (Lipinski definition) is 5. The van der Waals surface area contributed by atoms with E-state index in [0.717, 1.165) is 11.3 Å². The van der Waals surface area contributed by atoms with Gasteiger partial charge in [0.15, 0.2) is 0 Å². The molecule has 0 saturated carbocycles. The molecule has 0 bridgehead atoms. The van der Waals surface area contributed by atoms with E-state index in [-0.39, 0.29) is 16.9 Å². The lowest BCUT2D eigenvalue weighted by Crippen LogP contribution is -2.34. The first kappa shape index (κ1) is 13.4. The van der Waals surface area contributed by atoms with Gasteiger partial charge in [-0.05, 0) is 18.9 Å². The third kappa shape index (κ3) is 3.44. The number of anilines is 1. The largest absolute Gasteiger partial charge is 0.398 e. The van der Waals surface area contributed by atoms with Crippen LogP contribution in [-0.4, -0.2) is 26.2 Å². The lowest BCUT2D eigenvalue weighted by Gasteiger charge is -2.14. The molecule has 1 atom stereocenters. The Morgan fingerprint density at radius 1 is 1.62 bits per heavy atom. The highest BCUT2D eigenvalue weighted by Crippen LogP contribution is 2.22. The van der Waals surface area contributed by atoms with Crippen molar-refractivity contribution in [3.05, 3.63) is 11.4 Å². The second-order valence-corrected chi connectivity index (χ2v) is 6.29. The third-order valence-electron chi connectivity index (χ3n) is 2.15. The molecule has 92 valence electrons. The van der Waals surface area contributed by atoms with Crippen LogP contribution >= 0.6 is 11.3 Å². The highest BCUT2D eigenvalue weighted by atomic mass is 32.2. The summed E-state index contributed by atoms with van der Waals surface area (Å²) in [5.74, 6) is 0. The van der Waals surface area contributed by atoms with Crippen LogP contribution in [-0.2, 0) is 10.0 Å². The first-order valence-electron chi connectivity index (χ1n) is 4.96. The summed E-state index contributed by atoms with van der Waals surface area (Å²) >= 11 is 1.09. The highest BCUT2D eigenvalue weighted by Gasteiger charge is 2.20. The second kappa shape index (κ2) is 5.62. The van der Waals surface area contributed by atoms with Gasteiger partial charge in [0.25, 0.3) is 0 Å². The number of nitrogen functional groups attached to an aromatic ring is 1. The minimum absolute atomic E-state index is 0.0341. The van der Waals surface area contributed by atoms with E-state index in [1.54, 1.807) is 5.38 Å². The van der Waals surface area contributed by atoms with Crippen LogP contribution in [0.2, 0.25) is 0 Å². The predicted octanol–water partition coefficient (Wildman–Crippen LogP) is 0.770. The monoisotopic (exact) mass is 264 g/mol. The summed E-state index contributed by atoms with van der Waals surface area (Å²) in [6.07, 6.45) is 1.05. The maximum absolute atomic E-state index is 11.9. The fraction of sp³-hybridized carbons (Fsp3) is 0.556. The van der Waals surface area contributed by atoms with Crippen LogP contribution in [0.1, 0.15) is 19.8 Å². The van der Waals surface area contributed by atoms with Crippen LogP contribution in [0.25, 0.3) is 0 Å². The molecule has 1 unspecified atom stereocenters. The van der Waals surface area contributed by atoms with Crippen LogP contribution in [0.4, 0.5) is 5.69 Å². The summed E-state index contributed by atoms with van der Waals surface area (Å²) in [6.45, 7) is 1.83. The van der Waals surface area contributed by atoms with Crippen molar-refractivity contribution in [2.75, 3.05) is 12.3 Å². The van der Waals surface area contributed by atoms with Crippen molar-refractivity contribution in [1.29, 1.82) is 0 Å². The second-order valence-electron chi connectivity index (χ2n) is 3.44. The van der Waals surface area contributed by atoms with E-state index in [9.17, 15) is 8.42 Å². The van der Waals surface area contributed by atoms with E-state index < -0.39 is 10.0 Å². The zero-order chi connectivity index (χ0) is 12.2. The molecule has 0 fully saturated rings. The lowest BCUT2D eigenvalue weighted by molar-refractivity contribution is 0.270. The molecule has 0 spiro atoms. The predicted molar refractivity (Wildman–Crippen MR) is 64.8 cm³/mol. The smallest absolute Gasteiger partial charge is 0.250 e. The molecule has 0 amide bonds. The fourth-order valence-electron chi connectivity index (χ4n) is 1.25. The van der Waals surface area contributed by atoms with Gasteiger partial charge in [-0.2, -0.15) is 0 Å². The number of nitrogens with two attached hydrogens (primary N) is 1. The van der Waals surface area contributed by atoms with Crippen LogP contribution < -0.4 is 10.5 Å². The number of aliphatic hydroxyl groups excluding tert-OH is 1. The molecule has 16 heavy (non-hydrogen) atoms. The van der Waals surface area contributed by atoms with Crippen LogP contribution in [0.15, 0.2) is 15.7 Å². The molecule has 0 aliphatic rings. The maximum Gasteiger partial charge on any atom is 0.250 e. The SMILES string of the molecule is CCC(CCO)NS(=O)(=O)c1cc(N)cs1. The van der Waals surface area contributed by atoms with Crippen molar-refractivity contribution in [3.63, 3.8) is 0 Å². The molecule has 1 aromatic rings. The average Bonchev–Trinajstić information content (AvgIpc) is 2.64. The Hall–Kier alpha value is -0.630. The van der Waals surface area contributed by atoms with Crippen molar-refractivity contribution in [1.82, 2.24) is 4.72 Å². The van der Waals surface area contributed by atoms with Gasteiger partial charge in [-0.3, -0.25) is 0 Å². The van der Waals surface area contributed by atoms with Gasteiger partial charge in [0.05, 0.1) is 0 Å². The topological polar surface area (TPSA) is 92.4 Å². The van der Waals surface area contributed by atoms with E-state index >= 15 is 0 Å². The van der Waals surface area contributed by atoms with Gasteiger partial charge in [0.1, 0.15) is 4.21 Å². The third-order valence-corrected chi connectivity index (χ3v) is 5.13. The van der Waals surface area contributed by atoms with E-state index in [1.165, 1.54) is 6.07 Å². The zero-order valence-corrected chi connectivity index (χ0v) is 10.6. The van der Waals surface area contributed by atoms with E-state index in [2.05, 4.69) is 4.72 Å². The summed E-state index contributed by atoms with van der Waals surface area (Å²) in [7, 11) is -3.50. The van der Waals surface area contributed by atoms with E-state index in [1.807, 2.05) is 6.92 Å². The quantitative estimate of drug-likeness (QED) is 0.707.